The molecule has 180 valence electrons. The van der Waals surface area contributed by atoms with Crippen LogP contribution in [0.3, 0.4) is 0 Å². The SMILES string of the molecule is COc1ccc2c(c1)C(N1CCN(C(=O)Cc3ccc(F)cc3)[C@@H](C)C1)=Nc1ccc(C)cc1O2. The number of fused-ring (bicyclic) bond motifs is 2. The number of benzene rings is 3. The van der Waals surface area contributed by atoms with Gasteiger partial charge in [-0.25, -0.2) is 9.38 Å². The highest BCUT2D eigenvalue weighted by molar-refractivity contribution is 6.04. The Hall–Kier alpha value is -3.87. The van der Waals surface area contributed by atoms with Crippen molar-refractivity contribution in [1.82, 2.24) is 9.80 Å². The number of carbonyl (C=O) groups is 1. The first kappa shape index (κ1) is 22.9. The van der Waals surface area contributed by atoms with Crippen molar-refractivity contribution in [1.29, 1.82) is 0 Å². The Kier molecular flexibility index (Phi) is 6.16. The van der Waals surface area contributed by atoms with Gasteiger partial charge in [-0.3, -0.25) is 4.79 Å². The van der Waals surface area contributed by atoms with E-state index in [4.69, 9.17) is 14.5 Å². The second-order valence-corrected chi connectivity index (χ2v) is 9.06. The Bertz CT molecular complexity index is 1290. The zero-order valence-electron chi connectivity index (χ0n) is 20.1. The van der Waals surface area contributed by atoms with Crippen molar-refractivity contribution in [3.63, 3.8) is 0 Å². The van der Waals surface area contributed by atoms with Gasteiger partial charge in [0.05, 0.1) is 19.1 Å². The maximum absolute atomic E-state index is 13.2. The van der Waals surface area contributed by atoms with Gasteiger partial charge in [0.2, 0.25) is 5.91 Å². The normalized spacial score (nSPS) is 17.0. The molecule has 2 heterocycles. The fourth-order valence-corrected chi connectivity index (χ4v) is 4.63. The summed E-state index contributed by atoms with van der Waals surface area (Å²) in [7, 11) is 1.64. The van der Waals surface area contributed by atoms with Crippen molar-refractivity contribution >= 4 is 17.4 Å². The number of methoxy groups -OCH3 is 1. The van der Waals surface area contributed by atoms with Gasteiger partial charge in [-0.2, -0.15) is 0 Å². The van der Waals surface area contributed by atoms with Crippen LogP contribution in [0, 0.1) is 12.7 Å². The van der Waals surface area contributed by atoms with Crippen molar-refractivity contribution in [3.8, 4) is 17.2 Å². The number of aryl methyl sites for hydroxylation is 1. The molecule has 1 fully saturated rings. The summed E-state index contributed by atoms with van der Waals surface area (Å²) in [5, 5.41) is 0. The number of aliphatic imine (C=N–C) groups is 1. The molecule has 0 unspecified atom stereocenters. The smallest absolute Gasteiger partial charge is 0.227 e. The minimum absolute atomic E-state index is 0.0184. The highest BCUT2D eigenvalue weighted by atomic mass is 19.1. The molecule has 0 saturated carbocycles. The van der Waals surface area contributed by atoms with Crippen LogP contribution in [0.4, 0.5) is 10.1 Å². The van der Waals surface area contributed by atoms with Gasteiger partial charge < -0.3 is 19.3 Å². The predicted molar refractivity (Wildman–Crippen MR) is 133 cm³/mol. The van der Waals surface area contributed by atoms with Crippen LogP contribution in [0.1, 0.15) is 23.6 Å². The molecule has 0 spiro atoms. The molecule has 0 N–H and O–H groups in total. The molecule has 6 nitrogen and oxygen atoms in total. The van der Waals surface area contributed by atoms with Crippen molar-refractivity contribution in [2.45, 2.75) is 26.3 Å². The van der Waals surface area contributed by atoms with Crippen LogP contribution in [-0.2, 0) is 11.2 Å². The van der Waals surface area contributed by atoms with Crippen molar-refractivity contribution in [2.24, 2.45) is 4.99 Å². The minimum atomic E-state index is -0.301. The fourth-order valence-electron chi connectivity index (χ4n) is 4.63. The molecular weight excluding hydrogens is 445 g/mol. The quantitative estimate of drug-likeness (QED) is 0.531. The molecule has 1 atom stereocenters. The van der Waals surface area contributed by atoms with E-state index in [9.17, 15) is 9.18 Å². The first-order chi connectivity index (χ1) is 16.9. The van der Waals surface area contributed by atoms with Crippen molar-refractivity contribution in [2.75, 3.05) is 26.7 Å². The van der Waals surface area contributed by atoms with Crippen LogP contribution in [0.5, 0.6) is 17.2 Å². The summed E-state index contributed by atoms with van der Waals surface area (Å²) in [4.78, 5) is 22.2. The summed E-state index contributed by atoms with van der Waals surface area (Å²) in [6.07, 6.45) is 0.256. The standard InChI is InChI=1S/C28H28FN3O3/c1-18-4-10-24-26(14-18)35-25-11-9-22(34-3)16-23(25)28(30-24)31-12-13-32(19(2)17-31)27(33)15-20-5-7-21(29)8-6-20/h4-11,14,16,19H,12-13,15,17H2,1-3H3/t19-/m0/s1. The summed E-state index contributed by atoms with van der Waals surface area (Å²) in [6.45, 7) is 5.91. The maximum Gasteiger partial charge on any atom is 0.227 e. The van der Waals surface area contributed by atoms with E-state index in [1.165, 1.54) is 12.1 Å². The summed E-state index contributed by atoms with van der Waals surface area (Å²) >= 11 is 0. The molecule has 5 rings (SSSR count). The fraction of sp³-hybridized carbons (Fsp3) is 0.286. The van der Waals surface area contributed by atoms with Crippen LogP contribution in [0.25, 0.3) is 0 Å². The summed E-state index contributed by atoms with van der Waals surface area (Å²) in [5.74, 6) is 2.70. The number of nitrogens with zero attached hydrogens (tertiary/aromatic N) is 3. The number of amidine groups is 1. The van der Waals surface area contributed by atoms with Crippen LogP contribution in [-0.4, -0.2) is 54.3 Å². The van der Waals surface area contributed by atoms with Gasteiger partial charge >= 0.3 is 0 Å². The van der Waals surface area contributed by atoms with E-state index < -0.39 is 0 Å². The highest BCUT2D eigenvalue weighted by Crippen LogP contribution is 2.40. The van der Waals surface area contributed by atoms with E-state index >= 15 is 0 Å². The van der Waals surface area contributed by atoms with Crippen LogP contribution < -0.4 is 9.47 Å². The van der Waals surface area contributed by atoms with Crippen LogP contribution in [0.2, 0.25) is 0 Å². The summed E-state index contributed by atoms with van der Waals surface area (Å²) in [6, 6.07) is 17.8. The molecule has 0 radical (unpaired) electrons. The number of ether oxygens (including phenoxy) is 2. The van der Waals surface area contributed by atoms with E-state index in [0.29, 0.717) is 25.4 Å². The lowest BCUT2D eigenvalue weighted by atomic mass is 10.1. The third-order valence-corrected chi connectivity index (χ3v) is 6.51. The van der Waals surface area contributed by atoms with Gasteiger partial charge in [0.1, 0.15) is 28.8 Å². The molecular formula is C28H28FN3O3. The zero-order chi connectivity index (χ0) is 24.5. The number of hydrogen-bond acceptors (Lipinski definition) is 5. The number of amides is 1. The second-order valence-electron chi connectivity index (χ2n) is 9.06. The Morgan fingerprint density at radius 1 is 1.09 bits per heavy atom. The number of hydrogen-bond donors (Lipinski definition) is 0. The van der Waals surface area contributed by atoms with E-state index in [1.54, 1.807) is 19.2 Å². The van der Waals surface area contributed by atoms with Crippen LogP contribution >= 0.6 is 0 Å². The van der Waals surface area contributed by atoms with Gasteiger partial charge in [-0.15, -0.1) is 0 Å². The third-order valence-electron chi connectivity index (χ3n) is 6.51. The molecule has 0 aliphatic carbocycles. The lowest BCUT2D eigenvalue weighted by molar-refractivity contribution is -0.134. The van der Waals surface area contributed by atoms with Gasteiger partial charge in [-0.05, 0) is 67.4 Å². The molecule has 2 aliphatic rings. The number of carbonyl (C=O) groups excluding carboxylic acids is 1. The first-order valence-corrected chi connectivity index (χ1v) is 11.8. The molecule has 35 heavy (non-hydrogen) atoms. The number of piperazine rings is 1. The minimum Gasteiger partial charge on any atom is -0.497 e. The Labute approximate surface area is 204 Å². The third kappa shape index (κ3) is 4.71. The van der Waals surface area contributed by atoms with E-state index in [-0.39, 0.29) is 24.2 Å². The first-order valence-electron chi connectivity index (χ1n) is 11.8. The predicted octanol–water partition coefficient (Wildman–Crippen LogP) is 5.10. The summed E-state index contributed by atoms with van der Waals surface area (Å²) in [5.41, 5.74) is 3.53. The molecule has 0 bridgehead atoms. The molecule has 3 aromatic rings. The van der Waals surface area contributed by atoms with Gasteiger partial charge in [0.25, 0.3) is 0 Å². The molecule has 1 saturated heterocycles. The van der Waals surface area contributed by atoms with Crippen LogP contribution in [0.15, 0.2) is 65.7 Å². The molecule has 7 heteroatoms. The monoisotopic (exact) mass is 473 g/mol. The van der Waals surface area contributed by atoms with Gasteiger partial charge in [0, 0.05) is 25.7 Å². The molecule has 2 aliphatic heterocycles. The topological polar surface area (TPSA) is 54.4 Å². The van der Waals surface area contributed by atoms with Crippen molar-refractivity contribution in [3.05, 3.63) is 83.2 Å². The Balaban J connectivity index is 1.41. The molecule has 0 aromatic heterocycles. The summed E-state index contributed by atoms with van der Waals surface area (Å²) < 4.78 is 25.0. The lowest BCUT2D eigenvalue weighted by Crippen LogP contribution is -2.55. The molecule has 1 amide bonds. The Morgan fingerprint density at radius 3 is 2.63 bits per heavy atom. The van der Waals surface area contributed by atoms with E-state index in [2.05, 4.69) is 4.90 Å². The zero-order valence-corrected chi connectivity index (χ0v) is 20.1. The van der Waals surface area contributed by atoms with Gasteiger partial charge in [0.15, 0.2) is 5.75 Å². The average Bonchev–Trinajstić information content (AvgIpc) is 3.01. The Morgan fingerprint density at radius 2 is 1.89 bits per heavy atom. The average molecular weight is 474 g/mol. The lowest BCUT2D eigenvalue weighted by Gasteiger charge is -2.41. The van der Waals surface area contributed by atoms with Gasteiger partial charge in [-0.1, -0.05) is 18.2 Å². The number of halogens is 1. The van der Waals surface area contributed by atoms with E-state index in [1.807, 2.05) is 55.1 Å². The maximum atomic E-state index is 13.2. The van der Waals surface area contributed by atoms with Crippen molar-refractivity contribution < 1.29 is 18.7 Å². The number of rotatable bonds is 3. The highest BCUT2D eigenvalue weighted by Gasteiger charge is 2.31. The molecule has 3 aromatic carbocycles. The van der Waals surface area contributed by atoms with E-state index in [0.717, 1.165) is 39.7 Å². The largest absolute Gasteiger partial charge is 0.497 e. The second kappa shape index (κ2) is 9.41.